The van der Waals surface area contributed by atoms with Crippen molar-refractivity contribution in [3.8, 4) is 11.5 Å². The van der Waals surface area contributed by atoms with Gasteiger partial charge in [-0.05, 0) is 36.2 Å². The van der Waals surface area contributed by atoms with E-state index in [0.29, 0.717) is 22.8 Å². The first-order valence-corrected chi connectivity index (χ1v) is 7.53. The number of ketones is 2. The summed E-state index contributed by atoms with van der Waals surface area (Å²) in [5.74, 6) is 0.0477. The van der Waals surface area contributed by atoms with Gasteiger partial charge in [-0.15, -0.1) is 0 Å². The predicted molar refractivity (Wildman–Crippen MR) is 88.4 cm³/mol. The van der Waals surface area contributed by atoms with Crippen LogP contribution >= 0.6 is 11.6 Å². The van der Waals surface area contributed by atoms with E-state index in [4.69, 9.17) is 16.3 Å². The van der Waals surface area contributed by atoms with Gasteiger partial charge in [0.25, 0.3) is 0 Å². The second-order valence-electron chi connectivity index (χ2n) is 5.16. The predicted octanol–water partition coefficient (Wildman–Crippen LogP) is 3.83. The van der Waals surface area contributed by atoms with Gasteiger partial charge in [0.1, 0.15) is 5.78 Å². The maximum atomic E-state index is 12.0. The quantitative estimate of drug-likeness (QED) is 0.618. The van der Waals surface area contributed by atoms with Crippen molar-refractivity contribution in [2.75, 3.05) is 7.11 Å². The van der Waals surface area contributed by atoms with Crippen molar-refractivity contribution >= 4 is 23.2 Å². The van der Waals surface area contributed by atoms with Crippen molar-refractivity contribution in [3.63, 3.8) is 0 Å². The van der Waals surface area contributed by atoms with Crippen LogP contribution in [0.2, 0.25) is 5.02 Å². The van der Waals surface area contributed by atoms with Crippen molar-refractivity contribution in [2.45, 2.75) is 19.3 Å². The molecule has 5 heteroatoms. The Bertz CT molecular complexity index is 725. The standard InChI is InChI=1S/C18H17ClO4/c1-23-18-9-12(6-8-16(18)21)5-7-15(20)11-17(22)13-3-2-4-14(19)10-13/h2-4,6,8-10,21H,5,7,11H2,1H3. The number of ether oxygens (including phenoxy) is 1. The van der Waals surface area contributed by atoms with Crippen LogP contribution < -0.4 is 4.74 Å². The van der Waals surface area contributed by atoms with E-state index < -0.39 is 0 Å². The lowest BCUT2D eigenvalue weighted by atomic mass is 10.0. The highest BCUT2D eigenvalue weighted by atomic mass is 35.5. The number of aromatic hydroxyl groups is 1. The molecule has 2 rings (SSSR count). The molecule has 1 N–H and O–H groups in total. The van der Waals surface area contributed by atoms with E-state index in [1.165, 1.54) is 13.2 Å². The summed E-state index contributed by atoms with van der Waals surface area (Å²) in [6.07, 6.45) is 0.591. The molecule has 0 aliphatic rings. The zero-order chi connectivity index (χ0) is 16.8. The summed E-state index contributed by atoms with van der Waals surface area (Å²) in [6, 6.07) is 11.5. The van der Waals surface area contributed by atoms with Gasteiger partial charge in [0.05, 0.1) is 13.5 Å². The Labute approximate surface area is 139 Å². The zero-order valence-electron chi connectivity index (χ0n) is 12.7. The van der Waals surface area contributed by atoms with Crippen LogP contribution in [0.5, 0.6) is 11.5 Å². The van der Waals surface area contributed by atoms with Crippen molar-refractivity contribution in [2.24, 2.45) is 0 Å². The highest BCUT2D eigenvalue weighted by Crippen LogP contribution is 2.26. The number of carbonyl (C=O) groups is 2. The summed E-state index contributed by atoms with van der Waals surface area (Å²) in [5, 5.41) is 10.0. The van der Waals surface area contributed by atoms with E-state index in [-0.39, 0.29) is 30.2 Å². The molecule has 0 aliphatic carbocycles. The third-order valence-electron chi connectivity index (χ3n) is 3.44. The molecule has 2 aromatic carbocycles. The average Bonchev–Trinajstić information content (AvgIpc) is 2.54. The number of carbonyl (C=O) groups excluding carboxylic acids is 2. The largest absolute Gasteiger partial charge is 0.504 e. The van der Waals surface area contributed by atoms with E-state index in [1.807, 2.05) is 0 Å². The molecule has 23 heavy (non-hydrogen) atoms. The number of methoxy groups -OCH3 is 1. The van der Waals surface area contributed by atoms with Crippen molar-refractivity contribution in [1.29, 1.82) is 0 Å². The molecular formula is C18H17ClO4. The van der Waals surface area contributed by atoms with Crippen LogP contribution in [0.25, 0.3) is 0 Å². The molecule has 0 fully saturated rings. The maximum Gasteiger partial charge on any atom is 0.170 e. The lowest BCUT2D eigenvalue weighted by molar-refractivity contribution is -0.118. The number of rotatable bonds is 7. The molecule has 0 atom stereocenters. The minimum atomic E-state index is -0.235. The summed E-state index contributed by atoms with van der Waals surface area (Å²) in [5.41, 5.74) is 1.31. The fourth-order valence-electron chi connectivity index (χ4n) is 2.19. The van der Waals surface area contributed by atoms with Crippen LogP contribution in [0.1, 0.15) is 28.8 Å². The SMILES string of the molecule is COc1cc(CCC(=O)CC(=O)c2cccc(Cl)c2)ccc1O. The number of aryl methyl sites for hydroxylation is 1. The van der Waals surface area contributed by atoms with Gasteiger partial charge in [0, 0.05) is 17.0 Å². The molecule has 0 amide bonds. The van der Waals surface area contributed by atoms with Crippen LogP contribution in [0.3, 0.4) is 0 Å². The minimum absolute atomic E-state index is 0.0544. The van der Waals surface area contributed by atoms with E-state index >= 15 is 0 Å². The van der Waals surface area contributed by atoms with Gasteiger partial charge in [-0.2, -0.15) is 0 Å². The number of hydrogen-bond donors (Lipinski definition) is 1. The highest BCUT2D eigenvalue weighted by Gasteiger charge is 2.13. The van der Waals surface area contributed by atoms with E-state index in [1.54, 1.807) is 36.4 Å². The second kappa shape index (κ2) is 7.79. The van der Waals surface area contributed by atoms with Gasteiger partial charge < -0.3 is 9.84 Å². The average molecular weight is 333 g/mol. The summed E-state index contributed by atoms with van der Waals surface area (Å²) >= 11 is 5.84. The van der Waals surface area contributed by atoms with Crippen LogP contribution in [-0.4, -0.2) is 23.8 Å². The van der Waals surface area contributed by atoms with Gasteiger partial charge in [-0.25, -0.2) is 0 Å². The summed E-state index contributed by atoms with van der Waals surface area (Å²) in [4.78, 5) is 24.0. The molecule has 0 heterocycles. The number of halogens is 1. The van der Waals surface area contributed by atoms with Crippen LogP contribution in [0.15, 0.2) is 42.5 Å². The topological polar surface area (TPSA) is 63.6 Å². The Kier molecular flexibility index (Phi) is 5.77. The minimum Gasteiger partial charge on any atom is -0.504 e. The van der Waals surface area contributed by atoms with Crippen molar-refractivity contribution in [3.05, 3.63) is 58.6 Å². The Morgan fingerprint density at radius 2 is 1.96 bits per heavy atom. The molecule has 0 bridgehead atoms. The van der Waals surface area contributed by atoms with E-state index in [2.05, 4.69) is 0 Å². The molecule has 2 aromatic rings. The van der Waals surface area contributed by atoms with Gasteiger partial charge >= 0.3 is 0 Å². The zero-order valence-corrected chi connectivity index (χ0v) is 13.5. The molecule has 0 radical (unpaired) electrons. The number of phenols is 1. The maximum absolute atomic E-state index is 12.0. The third-order valence-corrected chi connectivity index (χ3v) is 3.68. The van der Waals surface area contributed by atoms with Gasteiger partial charge in [0.15, 0.2) is 17.3 Å². The first-order chi connectivity index (χ1) is 11.0. The third kappa shape index (κ3) is 4.83. The monoisotopic (exact) mass is 332 g/mol. The Morgan fingerprint density at radius 1 is 1.17 bits per heavy atom. The molecule has 0 unspecified atom stereocenters. The van der Waals surface area contributed by atoms with Gasteiger partial charge in [-0.3, -0.25) is 9.59 Å². The fraction of sp³-hybridized carbons (Fsp3) is 0.222. The summed E-state index contributed by atoms with van der Waals surface area (Å²) < 4.78 is 5.02. The number of benzene rings is 2. The molecular weight excluding hydrogens is 316 g/mol. The molecule has 0 saturated heterocycles. The highest BCUT2D eigenvalue weighted by molar-refractivity contribution is 6.31. The van der Waals surface area contributed by atoms with E-state index in [0.717, 1.165) is 5.56 Å². The van der Waals surface area contributed by atoms with Crippen molar-refractivity contribution < 1.29 is 19.4 Å². The smallest absolute Gasteiger partial charge is 0.170 e. The Morgan fingerprint density at radius 3 is 2.65 bits per heavy atom. The lowest BCUT2D eigenvalue weighted by Crippen LogP contribution is -2.09. The molecule has 4 nitrogen and oxygen atoms in total. The molecule has 0 aliphatic heterocycles. The number of Topliss-reactive ketones (excluding diaryl/α,β-unsaturated/α-hetero) is 2. The molecule has 120 valence electrons. The molecule has 0 spiro atoms. The summed E-state index contributed by atoms with van der Waals surface area (Å²) in [7, 11) is 1.47. The number of hydrogen-bond acceptors (Lipinski definition) is 4. The van der Waals surface area contributed by atoms with Crippen molar-refractivity contribution in [1.82, 2.24) is 0 Å². The second-order valence-corrected chi connectivity index (χ2v) is 5.59. The Hall–Kier alpha value is -2.33. The fourth-order valence-corrected chi connectivity index (χ4v) is 2.38. The lowest BCUT2D eigenvalue weighted by Gasteiger charge is -2.06. The molecule has 0 saturated carbocycles. The number of phenolic OH excluding ortho intramolecular Hbond substituents is 1. The van der Waals surface area contributed by atoms with Gasteiger partial charge in [-0.1, -0.05) is 29.8 Å². The van der Waals surface area contributed by atoms with Crippen LogP contribution in [-0.2, 0) is 11.2 Å². The normalized spacial score (nSPS) is 10.3. The van der Waals surface area contributed by atoms with Crippen LogP contribution in [0.4, 0.5) is 0 Å². The molecule has 0 aromatic heterocycles. The van der Waals surface area contributed by atoms with E-state index in [9.17, 15) is 14.7 Å². The van der Waals surface area contributed by atoms with Gasteiger partial charge in [0.2, 0.25) is 0 Å². The summed E-state index contributed by atoms with van der Waals surface area (Å²) in [6.45, 7) is 0. The Balaban J connectivity index is 1.91. The van der Waals surface area contributed by atoms with Crippen LogP contribution in [0, 0.1) is 0 Å². The first-order valence-electron chi connectivity index (χ1n) is 7.16. The first kappa shape index (κ1) is 17.0.